The average molecular weight is 480 g/mol. The van der Waals surface area contributed by atoms with Crippen LogP contribution in [0, 0.1) is 10.1 Å². The Hall–Kier alpha value is -3.50. The van der Waals surface area contributed by atoms with E-state index in [-0.39, 0.29) is 11.6 Å². The molecule has 4 aromatic rings. The van der Waals surface area contributed by atoms with Gasteiger partial charge in [0.2, 0.25) is 5.91 Å². The molecule has 0 aliphatic carbocycles. The topological polar surface area (TPSA) is 103 Å². The molecule has 0 saturated heterocycles. The summed E-state index contributed by atoms with van der Waals surface area (Å²) in [4.78, 5) is 24.2. The molecule has 0 unspecified atom stereocenters. The number of carbonyl (C=O) groups excluding carboxylic acids is 1. The minimum absolute atomic E-state index is 0.00385. The largest absolute Gasteiger partial charge is 0.346 e. The van der Waals surface area contributed by atoms with E-state index in [0.29, 0.717) is 28.8 Å². The lowest BCUT2D eigenvalue weighted by Gasteiger charge is -2.16. The van der Waals surface area contributed by atoms with Crippen LogP contribution in [-0.4, -0.2) is 25.6 Å². The molecule has 2 aromatic carbocycles. The molecule has 0 saturated carbocycles. The van der Waals surface area contributed by atoms with E-state index >= 15 is 0 Å². The van der Waals surface area contributed by atoms with Gasteiger partial charge >= 0.3 is 0 Å². The predicted molar refractivity (Wildman–Crippen MR) is 129 cm³/mol. The lowest BCUT2D eigenvalue weighted by Crippen LogP contribution is -2.29. The Morgan fingerprint density at radius 2 is 1.88 bits per heavy atom. The van der Waals surface area contributed by atoms with Gasteiger partial charge < -0.3 is 5.32 Å². The van der Waals surface area contributed by atoms with Gasteiger partial charge in [-0.15, -0.1) is 21.5 Å². The van der Waals surface area contributed by atoms with Crippen molar-refractivity contribution in [2.75, 3.05) is 0 Å². The number of amides is 1. The fourth-order valence-electron chi connectivity index (χ4n) is 3.27. The van der Waals surface area contributed by atoms with Crippen LogP contribution in [0.5, 0.6) is 0 Å². The van der Waals surface area contributed by atoms with Crippen molar-refractivity contribution in [2.24, 2.45) is 0 Å². The van der Waals surface area contributed by atoms with E-state index in [1.807, 2.05) is 59.3 Å². The molecular formula is C23H21N5O3S2. The number of carbonyl (C=O) groups is 1. The van der Waals surface area contributed by atoms with Gasteiger partial charge in [0.1, 0.15) is 0 Å². The summed E-state index contributed by atoms with van der Waals surface area (Å²) in [6.45, 7) is 1.85. The smallest absolute Gasteiger partial charge is 0.269 e. The summed E-state index contributed by atoms with van der Waals surface area (Å²) in [5, 5.41) is 25.4. The molecule has 0 aliphatic heterocycles. The van der Waals surface area contributed by atoms with Gasteiger partial charge in [-0.05, 0) is 36.1 Å². The van der Waals surface area contributed by atoms with Crippen LogP contribution in [0.4, 0.5) is 5.69 Å². The fourth-order valence-corrected chi connectivity index (χ4v) is 4.89. The van der Waals surface area contributed by atoms with Crippen LogP contribution in [0.15, 0.2) is 77.3 Å². The van der Waals surface area contributed by atoms with E-state index in [1.165, 1.54) is 35.2 Å². The Morgan fingerprint density at radius 1 is 1.12 bits per heavy atom. The van der Waals surface area contributed by atoms with Gasteiger partial charge in [-0.3, -0.25) is 19.5 Å². The number of rotatable bonds is 9. The van der Waals surface area contributed by atoms with Gasteiger partial charge in [0.25, 0.3) is 5.69 Å². The van der Waals surface area contributed by atoms with E-state index in [0.717, 1.165) is 10.4 Å². The lowest BCUT2D eigenvalue weighted by molar-refractivity contribution is -0.384. The van der Waals surface area contributed by atoms with Gasteiger partial charge in [0, 0.05) is 28.5 Å². The van der Waals surface area contributed by atoms with Gasteiger partial charge in [-0.2, -0.15) is 0 Å². The van der Waals surface area contributed by atoms with Crippen LogP contribution in [0.25, 0.3) is 5.69 Å². The number of thioether (sulfide) groups is 1. The summed E-state index contributed by atoms with van der Waals surface area (Å²) in [5.41, 5.74) is 1.83. The highest BCUT2D eigenvalue weighted by molar-refractivity contribution is 7.98. The molecule has 1 atom stereocenters. The third kappa shape index (κ3) is 5.65. The monoisotopic (exact) mass is 479 g/mol. The van der Waals surface area contributed by atoms with Gasteiger partial charge in [-0.1, -0.05) is 48.2 Å². The molecule has 4 rings (SSSR count). The minimum atomic E-state index is -0.435. The number of nitrogens with zero attached hydrogens (tertiary/aromatic N) is 4. The number of thiophene rings is 1. The van der Waals surface area contributed by atoms with Crippen LogP contribution in [-0.2, 0) is 17.0 Å². The van der Waals surface area contributed by atoms with Crippen molar-refractivity contribution < 1.29 is 9.72 Å². The molecule has 33 heavy (non-hydrogen) atoms. The zero-order valence-electron chi connectivity index (χ0n) is 17.7. The fraction of sp³-hybridized carbons (Fsp3) is 0.174. The molecule has 0 bridgehead atoms. The first-order chi connectivity index (χ1) is 16.0. The number of non-ortho nitro benzene ring substituents is 1. The van der Waals surface area contributed by atoms with E-state index in [2.05, 4.69) is 15.5 Å². The van der Waals surface area contributed by atoms with E-state index in [1.54, 1.807) is 12.1 Å². The molecule has 1 amide bonds. The Morgan fingerprint density at radius 3 is 2.55 bits per heavy atom. The molecule has 0 aliphatic rings. The standard InChI is InChI=1S/C23H21N5O3S2/c1-16(24-21(29)14-20-8-5-13-32-20)22-25-26-23(33-15-17-6-3-2-4-7-17)27(22)18-9-11-19(12-10-18)28(30)31/h2-13,16H,14-15H2,1H3,(H,24,29)/t16-/m0/s1. The second kappa shape index (κ2) is 10.4. The van der Waals surface area contributed by atoms with Crippen molar-refractivity contribution in [1.29, 1.82) is 0 Å². The van der Waals surface area contributed by atoms with Crippen LogP contribution < -0.4 is 5.32 Å². The zero-order chi connectivity index (χ0) is 23.2. The first-order valence-corrected chi connectivity index (χ1v) is 12.1. The Kier molecular flexibility index (Phi) is 7.16. The summed E-state index contributed by atoms with van der Waals surface area (Å²) in [6, 6.07) is 19.6. The number of nitro benzene ring substituents is 1. The van der Waals surface area contributed by atoms with Crippen LogP contribution in [0.2, 0.25) is 0 Å². The maximum absolute atomic E-state index is 12.5. The number of nitrogens with one attached hydrogen (secondary N) is 1. The first-order valence-electron chi connectivity index (χ1n) is 10.2. The van der Waals surface area contributed by atoms with E-state index in [9.17, 15) is 14.9 Å². The minimum Gasteiger partial charge on any atom is -0.346 e. The Bertz CT molecular complexity index is 1220. The van der Waals surface area contributed by atoms with Crippen LogP contribution >= 0.6 is 23.1 Å². The number of hydrogen-bond acceptors (Lipinski definition) is 7. The number of hydrogen-bond donors (Lipinski definition) is 1. The summed E-state index contributed by atoms with van der Waals surface area (Å²) in [5.74, 6) is 1.13. The summed E-state index contributed by atoms with van der Waals surface area (Å²) in [7, 11) is 0. The molecule has 1 N–H and O–H groups in total. The predicted octanol–water partition coefficient (Wildman–Crippen LogP) is 4.95. The van der Waals surface area contributed by atoms with Crippen LogP contribution in [0.1, 0.15) is 29.2 Å². The normalized spacial score (nSPS) is 11.8. The summed E-state index contributed by atoms with van der Waals surface area (Å²) < 4.78 is 1.84. The molecule has 8 nitrogen and oxygen atoms in total. The highest BCUT2D eigenvalue weighted by Gasteiger charge is 2.22. The first kappa shape index (κ1) is 22.7. The van der Waals surface area contributed by atoms with Crippen molar-refractivity contribution in [2.45, 2.75) is 30.3 Å². The number of nitro groups is 1. The lowest BCUT2D eigenvalue weighted by atomic mass is 10.2. The van der Waals surface area contributed by atoms with Gasteiger partial charge in [-0.25, -0.2) is 0 Å². The molecular weight excluding hydrogens is 458 g/mol. The number of aromatic nitrogens is 3. The second-order valence-corrected chi connectivity index (χ2v) is 9.24. The average Bonchev–Trinajstić information content (AvgIpc) is 3.48. The second-order valence-electron chi connectivity index (χ2n) is 7.27. The van der Waals surface area contributed by atoms with Crippen molar-refractivity contribution in [3.05, 3.63) is 98.5 Å². The third-order valence-corrected chi connectivity index (χ3v) is 6.74. The van der Waals surface area contributed by atoms with E-state index in [4.69, 9.17) is 0 Å². The molecule has 0 spiro atoms. The highest BCUT2D eigenvalue weighted by Crippen LogP contribution is 2.28. The molecule has 10 heteroatoms. The highest BCUT2D eigenvalue weighted by atomic mass is 32.2. The SMILES string of the molecule is C[C@H](NC(=O)Cc1cccs1)c1nnc(SCc2ccccc2)n1-c1ccc([N+](=O)[O-])cc1. The maximum atomic E-state index is 12.5. The molecule has 0 radical (unpaired) electrons. The maximum Gasteiger partial charge on any atom is 0.269 e. The van der Waals surface area contributed by atoms with Gasteiger partial charge in [0.15, 0.2) is 11.0 Å². The molecule has 2 aromatic heterocycles. The van der Waals surface area contributed by atoms with Crippen molar-refractivity contribution >= 4 is 34.7 Å². The van der Waals surface area contributed by atoms with Crippen molar-refractivity contribution in [3.63, 3.8) is 0 Å². The molecule has 0 fully saturated rings. The zero-order valence-corrected chi connectivity index (χ0v) is 19.4. The van der Waals surface area contributed by atoms with Gasteiger partial charge in [0.05, 0.1) is 17.4 Å². The Labute approximate surface area is 198 Å². The summed E-state index contributed by atoms with van der Waals surface area (Å²) in [6.07, 6.45) is 0.295. The summed E-state index contributed by atoms with van der Waals surface area (Å²) >= 11 is 3.04. The Balaban J connectivity index is 1.60. The third-order valence-electron chi connectivity index (χ3n) is 4.87. The van der Waals surface area contributed by atoms with Crippen molar-refractivity contribution in [1.82, 2.24) is 20.1 Å². The van der Waals surface area contributed by atoms with Crippen molar-refractivity contribution in [3.8, 4) is 5.69 Å². The van der Waals surface area contributed by atoms with E-state index < -0.39 is 11.0 Å². The quantitative estimate of drug-likeness (QED) is 0.207. The van der Waals surface area contributed by atoms with Crippen LogP contribution in [0.3, 0.4) is 0 Å². The number of benzene rings is 2. The molecule has 2 heterocycles. The molecule has 168 valence electrons.